The lowest BCUT2D eigenvalue weighted by Crippen LogP contribution is -2.47. The van der Waals surface area contributed by atoms with Gasteiger partial charge in [-0.3, -0.25) is 0 Å². The maximum Gasteiger partial charge on any atom is 0.123 e. The van der Waals surface area contributed by atoms with Crippen molar-refractivity contribution in [1.29, 1.82) is 0 Å². The Morgan fingerprint density at radius 1 is 1.37 bits per heavy atom. The van der Waals surface area contributed by atoms with Crippen molar-refractivity contribution in [1.82, 2.24) is 4.98 Å². The van der Waals surface area contributed by atoms with E-state index in [0.29, 0.717) is 25.3 Å². The molecule has 0 aromatic carbocycles. The number of rotatable bonds is 3. The summed E-state index contributed by atoms with van der Waals surface area (Å²) in [4.78, 5) is 6.28. The number of hydrogen-bond acceptors (Lipinski definition) is 5. The molecule has 0 bridgehead atoms. The lowest BCUT2D eigenvalue weighted by Gasteiger charge is -2.38. The van der Waals surface area contributed by atoms with E-state index in [2.05, 4.69) is 9.88 Å². The monoisotopic (exact) mass is 267 g/mol. The lowest BCUT2D eigenvalue weighted by atomic mass is 9.92. The van der Waals surface area contributed by atoms with E-state index in [-0.39, 0.29) is 0 Å². The average molecular weight is 267 g/mol. The van der Waals surface area contributed by atoms with E-state index in [0.717, 1.165) is 18.8 Å². The Morgan fingerprint density at radius 2 is 2.00 bits per heavy atom. The number of methoxy groups -OCH3 is 1. The first-order valence-corrected chi connectivity index (χ1v) is 6.81. The van der Waals surface area contributed by atoms with Gasteiger partial charge in [-0.05, 0) is 25.0 Å². The molecule has 5 heteroatoms. The van der Waals surface area contributed by atoms with Crippen LogP contribution in [0.5, 0.6) is 0 Å². The molecule has 1 saturated heterocycles. The molecule has 2 rings (SSSR count). The van der Waals surface area contributed by atoms with Crippen molar-refractivity contribution in [3.8, 4) is 0 Å². The number of pyridine rings is 1. The van der Waals surface area contributed by atoms with Gasteiger partial charge in [0.05, 0.1) is 24.1 Å². The van der Waals surface area contributed by atoms with Crippen molar-refractivity contribution in [3.63, 3.8) is 0 Å². The molecule has 1 aromatic heterocycles. The summed E-state index contributed by atoms with van der Waals surface area (Å²) in [7, 11) is 1.62. The van der Waals surface area contributed by atoms with Crippen molar-refractivity contribution in [3.05, 3.63) is 18.3 Å². The van der Waals surface area contributed by atoms with E-state index >= 15 is 0 Å². The first kappa shape index (κ1) is 15.7. The van der Waals surface area contributed by atoms with Gasteiger partial charge in [-0.1, -0.05) is 13.8 Å². The molecule has 108 valence electrons. The van der Waals surface area contributed by atoms with Crippen LogP contribution in [0.25, 0.3) is 0 Å². The molecule has 0 radical (unpaired) electrons. The van der Waals surface area contributed by atoms with Crippen LogP contribution in [-0.2, 0) is 4.74 Å². The van der Waals surface area contributed by atoms with Gasteiger partial charge in [0.25, 0.3) is 0 Å². The summed E-state index contributed by atoms with van der Waals surface area (Å²) in [5, 5.41) is 10.2. The highest BCUT2D eigenvalue weighted by atomic mass is 16.5. The topological polar surface area (TPSA) is 71.6 Å². The summed E-state index contributed by atoms with van der Waals surface area (Å²) in [5.74, 6) is 0.529. The number of aliphatic hydroxyl groups is 1. The molecule has 19 heavy (non-hydrogen) atoms. The van der Waals surface area contributed by atoms with Gasteiger partial charge in [-0.25, -0.2) is 4.98 Å². The third-order valence-corrected chi connectivity index (χ3v) is 3.24. The molecule has 1 aromatic rings. The number of ether oxygens (including phenoxy) is 1. The van der Waals surface area contributed by atoms with E-state index in [1.807, 2.05) is 19.9 Å². The Balaban J connectivity index is 0.000000861. The number of nitrogens with zero attached hydrogens (tertiary/aromatic N) is 2. The minimum Gasteiger partial charge on any atom is -0.387 e. The molecule has 5 nitrogen and oxygen atoms in total. The van der Waals surface area contributed by atoms with E-state index in [9.17, 15) is 5.11 Å². The fourth-order valence-corrected chi connectivity index (χ4v) is 2.18. The minimum atomic E-state index is -0.674. The molecule has 1 fully saturated rings. The molecule has 2 heterocycles. The highest BCUT2D eigenvalue weighted by Crippen LogP contribution is 2.26. The number of nitrogen functional groups attached to an aromatic ring is 1. The van der Waals surface area contributed by atoms with Gasteiger partial charge in [-0.15, -0.1) is 0 Å². The van der Waals surface area contributed by atoms with Crippen LogP contribution < -0.4 is 10.6 Å². The first-order chi connectivity index (χ1) is 9.13. The maximum atomic E-state index is 10.2. The third kappa shape index (κ3) is 4.36. The number of aromatic nitrogens is 1. The van der Waals surface area contributed by atoms with Crippen LogP contribution in [0, 0.1) is 0 Å². The quantitative estimate of drug-likeness (QED) is 0.871. The molecule has 0 spiro atoms. The summed E-state index contributed by atoms with van der Waals surface area (Å²) >= 11 is 0. The summed E-state index contributed by atoms with van der Waals surface area (Å²) in [6, 6.07) is 3.76. The Bertz CT molecular complexity index is 359. The summed E-state index contributed by atoms with van der Waals surface area (Å²) in [6.07, 6.45) is 3.20. The lowest BCUT2D eigenvalue weighted by molar-refractivity contribution is -0.0471. The van der Waals surface area contributed by atoms with Crippen molar-refractivity contribution >= 4 is 11.5 Å². The van der Waals surface area contributed by atoms with Gasteiger partial charge in [0.15, 0.2) is 0 Å². The van der Waals surface area contributed by atoms with Crippen molar-refractivity contribution in [2.45, 2.75) is 32.3 Å². The van der Waals surface area contributed by atoms with Gasteiger partial charge >= 0.3 is 0 Å². The van der Waals surface area contributed by atoms with Crippen LogP contribution in [-0.4, -0.2) is 42.5 Å². The first-order valence-electron chi connectivity index (χ1n) is 6.81. The van der Waals surface area contributed by atoms with Crippen molar-refractivity contribution in [2.75, 3.05) is 37.4 Å². The fraction of sp³-hybridized carbons (Fsp3) is 0.643. The highest BCUT2D eigenvalue weighted by Gasteiger charge is 2.32. The zero-order valence-electron chi connectivity index (χ0n) is 12.1. The zero-order valence-corrected chi connectivity index (χ0v) is 12.1. The SMILES string of the molecule is CC.COCC1(O)CCN(c2ccc(N)nc2)CC1. The molecule has 0 amide bonds. The number of anilines is 2. The Morgan fingerprint density at radius 3 is 2.47 bits per heavy atom. The van der Waals surface area contributed by atoms with E-state index in [1.165, 1.54) is 0 Å². The second-order valence-corrected chi connectivity index (χ2v) is 4.59. The summed E-state index contributed by atoms with van der Waals surface area (Å²) in [5.41, 5.74) is 5.93. The minimum absolute atomic E-state index is 0.404. The number of hydrogen-bond donors (Lipinski definition) is 2. The van der Waals surface area contributed by atoms with Crippen LogP contribution in [0.1, 0.15) is 26.7 Å². The Hall–Kier alpha value is -1.33. The van der Waals surface area contributed by atoms with E-state index in [1.54, 1.807) is 19.4 Å². The van der Waals surface area contributed by atoms with Crippen LogP contribution in [0.4, 0.5) is 11.5 Å². The molecular formula is C14H25N3O2. The number of nitrogens with two attached hydrogens (primary N) is 1. The number of piperidine rings is 1. The summed E-state index contributed by atoms with van der Waals surface area (Å²) in [6.45, 7) is 6.03. The van der Waals surface area contributed by atoms with Crippen molar-refractivity contribution in [2.24, 2.45) is 0 Å². The van der Waals surface area contributed by atoms with Crippen LogP contribution in [0.15, 0.2) is 18.3 Å². The molecule has 0 aliphatic carbocycles. The van der Waals surface area contributed by atoms with Crippen LogP contribution in [0.3, 0.4) is 0 Å². The van der Waals surface area contributed by atoms with Gasteiger partial charge in [0, 0.05) is 20.2 Å². The Kier molecular flexibility index (Phi) is 6.05. The summed E-state index contributed by atoms with van der Waals surface area (Å²) < 4.78 is 5.04. The van der Waals surface area contributed by atoms with E-state index < -0.39 is 5.60 Å². The van der Waals surface area contributed by atoms with Crippen molar-refractivity contribution < 1.29 is 9.84 Å². The average Bonchev–Trinajstić information content (AvgIpc) is 2.43. The molecule has 3 N–H and O–H groups in total. The molecule has 1 aliphatic heterocycles. The fourth-order valence-electron chi connectivity index (χ4n) is 2.18. The van der Waals surface area contributed by atoms with Crippen LogP contribution >= 0.6 is 0 Å². The molecule has 1 aliphatic rings. The molecule has 0 saturated carbocycles. The Labute approximate surface area is 115 Å². The largest absolute Gasteiger partial charge is 0.387 e. The van der Waals surface area contributed by atoms with Gasteiger partial charge in [0.2, 0.25) is 0 Å². The predicted molar refractivity (Wildman–Crippen MR) is 78.3 cm³/mol. The van der Waals surface area contributed by atoms with Gasteiger partial charge in [-0.2, -0.15) is 0 Å². The van der Waals surface area contributed by atoms with Crippen LogP contribution in [0.2, 0.25) is 0 Å². The molecule has 0 unspecified atom stereocenters. The standard InChI is InChI=1S/C12H19N3O2.C2H6/c1-17-9-12(16)4-6-15(7-5-12)10-2-3-11(13)14-8-10;1-2/h2-3,8,16H,4-7,9H2,1H3,(H2,13,14);1-2H3. The highest BCUT2D eigenvalue weighted by molar-refractivity contribution is 5.48. The zero-order chi connectivity index (χ0) is 14.3. The van der Waals surface area contributed by atoms with Gasteiger partial charge < -0.3 is 20.5 Å². The third-order valence-electron chi connectivity index (χ3n) is 3.24. The normalized spacial score (nSPS) is 17.6. The maximum absolute atomic E-state index is 10.2. The molecule has 0 atom stereocenters. The second kappa shape index (κ2) is 7.31. The smallest absolute Gasteiger partial charge is 0.123 e. The van der Waals surface area contributed by atoms with Gasteiger partial charge in [0.1, 0.15) is 5.82 Å². The second-order valence-electron chi connectivity index (χ2n) is 4.59. The molecular weight excluding hydrogens is 242 g/mol. The van der Waals surface area contributed by atoms with E-state index in [4.69, 9.17) is 10.5 Å². The predicted octanol–water partition coefficient (Wildman–Crippen LogP) is 1.67.